The molecule has 1 unspecified atom stereocenters. The number of hydrogen-bond acceptors (Lipinski definition) is 4. The van der Waals surface area contributed by atoms with E-state index in [4.69, 9.17) is 16.1 Å². The molecule has 0 aliphatic carbocycles. The molecule has 0 radical (unpaired) electrons. The molecule has 0 spiro atoms. The number of allylic oxidation sites excluding steroid dienone is 1. The lowest BCUT2D eigenvalue weighted by molar-refractivity contribution is 0.205. The van der Waals surface area contributed by atoms with Crippen molar-refractivity contribution in [3.05, 3.63) is 76.5 Å². The smallest absolute Gasteiger partial charge is 0.322 e. The summed E-state index contributed by atoms with van der Waals surface area (Å²) in [6, 6.07) is 12.5. The summed E-state index contributed by atoms with van der Waals surface area (Å²) in [5.41, 5.74) is 2.71. The summed E-state index contributed by atoms with van der Waals surface area (Å²) < 4.78 is 19.2. The van der Waals surface area contributed by atoms with E-state index in [1.807, 2.05) is 26.0 Å². The first-order chi connectivity index (χ1) is 14.5. The van der Waals surface area contributed by atoms with Crippen molar-refractivity contribution in [2.45, 2.75) is 26.3 Å². The minimum atomic E-state index is -0.509. The lowest BCUT2D eigenvalue weighted by Gasteiger charge is -2.35. The summed E-state index contributed by atoms with van der Waals surface area (Å²) in [5.74, 6) is 0.150. The molecule has 8 heteroatoms. The zero-order valence-electron chi connectivity index (χ0n) is 16.5. The van der Waals surface area contributed by atoms with Crippen molar-refractivity contribution in [1.29, 1.82) is 0 Å². The van der Waals surface area contributed by atoms with E-state index >= 15 is 0 Å². The molecule has 0 saturated carbocycles. The van der Waals surface area contributed by atoms with E-state index in [2.05, 4.69) is 15.5 Å². The fourth-order valence-corrected chi connectivity index (χ4v) is 3.76. The highest BCUT2D eigenvalue weighted by Gasteiger charge is 2.35. The molecule has 4 rings (SSSR count). The van der Waals surface area contributed by atoms with Gasteiger partial charge in [-0.15, -0.1) is 0 Å². The zero-order chi connectivity index (χ0) is 21.3. The molecule has 1 aliphatic heterocycles. The summed E-state index contributed by atoms with van der Waals surface area (Å²) >= 11 is 6.18. The Bertz CT molecular complexity index is 1130. The van der Waals surface area contributed by atoms with Crippen molar-refractivity contribution >= 4 is 23.2 Å². The third kappa shape index (κ3) is 3.80. The summed E-state index contributed by atoms with van der Waals surface area (Å²) in [6.45, 7) is 4.40. The molecule has 2 amide bonds. The first-order valence-corrected chi connectivity index (χ1v) is 10.00. The largest absolute Gasteiger partial charge is 0.334 e. The van der Waals surface area contributed by atoms with Crippen LogP contribution in [0, 0.1) is 5.82 Å². The summed E-state index contributed by atoms with van der Waals surface area (Å²) in [5, 5.41) is 7.60. The number of benzene rings is 2. The Labute approximate surface area is 178 Å². The van der Waals surface area contributed by atoms with Crippen molar-refractivity contribution in [3.63, 3.8) is 0 Å². The van der Waals surface area contributed by atoms with Gasteiger partial charge in [0, 0.05) is 22.8 Å². The summed E-state index contributed by atoms with van der Waals surface area (Å²) in [7, 11) is 0. The third-order valence-corrected chi connectivity index (χ3v) is 5.20. The highest BCUT2D eigenvalue weighted by molar-refractivity contribution is 6.30. The molecule has 0 saturated heterocycles. The highest BCUT2D eigenvalue weighted by Crippen LogP contribution is 2.38. The van der Waals surface area contributed by atoms with E-state index in [9.17, 15) is 9.18 Å². The molecule has 0 fully saturated rings. The Morgan fingerprint density at radius 1 is 1.23 bits per heavy atom. The first-order valence-electron chi connectivity index (χ1n) is 9.62. The number of nitrogens with zero attached hydrogens (tertiary/aromatic N) is 3. The Kier molecular flexibility index (Phi) is 5.55. The van der Waals surface area contributed by atoms with E-state index in [0.717, 1.165) is 17.7 Å². The Hall–Kier alpha value is -3.19. The number of hydrogen-bond donors (Lipinski definition) is 1. The fraction of sp³-hybridized carbons (Fsp3) is 0.227. The molecule has 6 nitrogen and oxygen atoms in total. The van der Waals surface area contributed by atoms with Gasteiger partial charge in [0.15, 0.2) is 0 Å². The summed E-state index contributed by atoms with van der Waals surface area (Å²) in [4.78, 5) is 18.9. The third-order valence-electron chi connectivity index (χ3n) is 4.96. The fourth-order valence-electron chi connectivity index (χ4n) is 3.57. The second-order valence-electron chi connectivity index (χ2n) is 7.02. The van der Waals surface area contributed by atoms with E-state index in [-0.39, 0.29) is 23.6 Å². The number of urea groups is 1. The van der Waals surface area contributed by atoms with E-state index in [0.29, 0.717) is 22.7 Å². The molecule has 0 bridgehead atoms. The van der Waals surface area contributed by atoms with Crippen molar-refractivity contribution in [3.8, 4) is 11.4 Å². The molecule has 1 N–H and O–H groups in total. The lowest BCUT2D eigenvalue weighted by atomic mass is 9.94. The average Bonchev–Trinajstić information content (AvgIpc) is 3.20. The number of carbonyl (C=O) groups is 1. The topological polar surface area (TPSA) is 71.3 Å². The minimum absolute atomic E-state index is 0.201. The van der Waals surface area contributed by atoms with Crippen LogP contribution in [0.4, 0.5) is 9.18 Å². The van der Waals surface area contributed by atoms with Crippen LogP contribution in [0.3, 0.4) is 0 Å². The quantitative estimate of drug-likeness (QED) is 0.590. The van der Waals surface area contributed by atoms with Crippen LogP contribution in [0.1, 0.15) is 37.8 Å². The minimum Gasteiger partial charge on any atom is -0.334 e. The van der Waals surface area contributed by atoms with Gasteiger partial charge in [-0.05, 0) is 43.2 Å². The number of nitrogens with one attached hydrogen (secondary N) is 1. The highest BCUT2D eigenvalue weighted by atomic mass is 35.5. The van der Waals surface area contributed by atoms with Crippen LogP contribution in [0.2, 0.25) is 5.02 Å². The van der Waals surface area contributed by atoms with Crippen LogP contribution < -0.4 is 5.32 Å². The Balaban J connectivity index is 1.82. The van der Waals surface area contributed by atoms with Crippen LogP contribution in [-0.4, -0.2) is 27.6 Å². The van der Waals surface area contributed by atoms with E-state index in [1.54, 1.807) is 29.2 Å². The van der Waals surface area contributed by atoms with Crippen LogP contribution >= 0.6 is 11.6 Å². The van der Waals surface area contributed by atoms with Crippen LogP contribution in [0.25, 0.3) is 17.0 Å². The lowest BCUT2D eigenvalue weighted by Crippen LogP contribution is -2.46. The van der Waals surface area contributed by atoms with Crippen LogP contribution in [0.5, 0.6) is 0 Å². The van der Waals surface area contributed by atoms with Gasteiger partial charge < -0.3 is 9.84 Å². The maximum absolute atomic E-state index is 13.6. The normalized spacial score (nSPS) is 16.7. The van der Waals surface area contributed by atoms with E-state index < -0.39 is 6.04 Å². The second kappa shape index (κ2) is 8.28. The number of aromatic nitrogens is 2. The number of rotatable bonds is 5. The van der Waals surface area contributed by atoms with Crippen molar-refractivity contribution in [2.24, 2.45) is 0 Å². The number of carbonyl (C=O) groups excluding carboxylic acids is 1. The Morgan fingerprint density at radius 3 is 2.77 bits per heavy atom. The molecular weight excluding hydrogens is 407 g/mol. The van der Waals surface area contributed by atoms with Gasteiger partial charge >= 0.3 is 6.03 Å². The Morgan fingerprint density at radius 2 is 2.03 bits per heavy atom. The molecule has 154 valence electrons. The van der Waals surface area contributed by atoms with Gasteiger partial charge in [0.25, 0.3) is 5.89 Å². The monoisotopic (exact) mass is 426 g/mol. The second-order valence-corrected chi connectivity index (χ2v) is 7.46. The van der Waals surface area contributed by atoms with Gasteiger partial charge in [0.1, 0.15) is 5.82 Å². The van der Waals surface area contributed by atoms with Gasteiger partial charge in [-0.2, -0.15) is 4.98 Å². The standard InChI is InChI=1S/C22H20ClFN4O2/c1-3-10-28-13(2)18(19(25-22(28)29)14-6-4-8-16(23)11-14)21-26-20(27-30-21)15-7-5-9-17(24)12-15/h4-9,11-12,19H,3,10H2,1-2H3,(H,25,29). The van der Waals surface area contributed by atoms with E-state index in [1.165, 1.54) is 12.1 Å². The number of amides is 2. The van der Waals surface area contributed by atoms with Gasteiger partial charge in [0.2, 0.25) is 5.82 Å². The predicted octanol–water partition coefficient (Wildman–Crippen LogP) is 5.44. The maximum atomic E-state index is 13.6. The van der Waals surface area contributed by atoms with Crippen molar-refractivity contribution < 1.29 is 13.7 Å². The molecular formula is C22H20ClFN4O2. The van der Waals surface area contributed by atoms with Gasteiger partial charge in [0.05, 0.1) is 11.6 Å². The van der Waals surface area contributed by atoms with Gasteiger partial charge in [-0.25, -0.2) is 9.18 Å². The molecule has 1 aliphatic rings. The molecule has 1 atom stereocenters. The van der Waals surface area contributed by atoms with Crippen LogP contribution in [-0.2, 0) is 0 Å². The summed E-state index contributed by atoms with van der Waals surface area (Å²) in [6.07, 6.45) is 0.790. The molecule has 30 heavy (non-hydrogen) atoms. The zero-order valence-corrected chi connectivity index (χ0v) is 17.3. The SMILES string of the molecule is CCCN1C(=O)NC(c2cccc(Cl)c2)C(c2nc(-c3cccc(F)c3)no2)=C1C. The maximum Gasteiger partial charge on any atom is 0.322 e. The number of halogens is 2. The first kappa shape index (κ1) is 20.1. The molecule has 2 heterocycles. The van der Waals surface area contributed by atoms with Crippen LogP contribution in [0.15, 0.2) is 58.8 Å². The molecule has 2 aromatic carbocycles. The van der Waals surface area contributed by atoms with Gasteiger partial charge in [-0.3, -0.25) is 4.90 Å². The van der Waals surface area contributed by atoms with Crippen molar-refractivity contribution in [2.75, 3.05) is 6.54 Å². The predicted molar refractivity (Wildman–Crippen MR) is 112 cm³/mol. The van der Waals surface area contributed by atoms with Gasteiger partial charge in [-0.1, -0.05) is 47.9 Å². The molecule has 3 aromatic rings. The van der Waals surface area contributed by atoms with Crippen molar-refractivity contribution in [1.82, 2.24) is 20.4 Å². The average molecular weight is 427 g/mol. The molecule has 1 aromatic heterocycles.